The summed E-state index contributed by atoms with van der Waals surface area (Å²) in [6.45, 7) is 0. The third kappa shape index (κ3) is 4.16. The Kier molecular flexibility index (Phi) is 5.11. The van der Waals surface area contributed by atoms with Crippen LogP contribution in [-0.4, -0.2) is 29.1 Å². The summed E-state index contributed by atoms with van der Waals surface area (Å²) >= 11 is 0. The van der Waals surface area contributed by atoms with Crippen LogP contribution in [0.4, 0.5) is 11.4 Å². The highest BCUT2D eigenvalue weighted by atomic mass is 32.2. The molecule has 2 aromatic rings. The first-order chi connectivity index (χ1) is 10.1. The summed E-state index contributed by atoms with van der Waals surface area (Å²) < 4.78 is 16.3. The summed E-state index contributed by atoms with van der Waals surface area (Å²) in [5.41, 5.74) is 2.11. The molecule has 0 aliphatic heterocycles. The summed E-state index contributed by atoms with van der Waals surface area (Å²) in [6.07, 6.45) is 1.53. The van der Waals surface area contributed by atoms with Crippen molar-refractivity contribution in [2.75, 3.05) is 24.4 Å². The van der Waals surface area contributed by atoms with E-state index in [0.717, 1.165) is 11.4 Å². The van der Waals surface area contributed by atoms with E-state index in [2.05, 4.69) is 5.32 Å². The second-order valence-corrected chi connectivity index (χ2v) is 5.97. The molecule has 5 heteroatoms. The van der Waals surface area contributed by atoms with Crippen LogP contribution < -0.4 is 10.1 Å². The zero-order valence-electron chi connectivity index (χ0n) is 12.0. The molecule has 4 nitrogen and oxygen atoms in total. The SMILES string of the molecule is COc1ccc(Nc2ccccc2C(=O)C[S@](C)=O)cc1. The van der Waals surface area contributed by atoms with Gasteiger partial charge < -0.3 is 10.1 Å². The number of methoxy groups -OCH3 is 1. The van der Waals surface area contributed by atoms with E-state index in [1.165, 1.54) is 6.26 Å². The van der Waals surface area contributed by atoms with Gasteiger partial charge in [-0.15, -0.1) is 0 Å². The lowest BCUT2D eigenvalue weighted by Crippen LogP contribution is -2.11. The molecule has 0 fully saturated rings. The molecule has 0 spiro atoms. The van der Waals surface area contributed by atoms with Crippen LogP contribution in [0.1, 0.15) is 10.4 Å². The van der Waals surface area contributed by atoms with Crippen molar-refractivity contribution < 1.29 is 13.7 Å². The van der Waals surface area contributed by atoms with Crippen molar-refractivity contribution in [3.63, 3.8) is 0 Å². The number of rotatable bonds is 6. The Morgan fingerprint density at radius 2 is 1.81 bits per heavy atom. The standard InChI is InChI=1S/C16H17NO3S/c1-20-13-9-7-12(8-10-13)17-15-6-4-3-5-14(15)16(18)11-21(2)19/h3-10,17H,11H2,1-2H3/t21-/m0/s1. The fraction of sp³-hybridized carbons (Fsp3) is 0.188. The average Bonchev–Trinajstić information content (AvgIpc) is 2.48. The molecule has 0 saturated carbocycles. The van der Waals surface area contributed by atoms with Crippen LogP contribution >= 0.6 is 0 Å². The predicted molar refractivity (Wildman–Crippen MR) is 86.0 cm³/mol. The summed E-state index contributed by atoms with van der Waals surface area (Å²) in [5, 5.41) is 3.20. The van der Waals surface area contributed by atoms with E-state index in [9.17, 15) is 9.00 Å². The Morgan fingerprint density at radius 1 is 1.14 bits per heavy atom. The minimum absolute atomic E-state index is 0.0291. The topological polar surface area (TPSA) is 55.4 Å². The van der Waals surface area contributed by atoms with Gasteiger partial charge >= 0.3 is 0 Å². The third-order valence-electron chi connectivity index (χ3n) is 2.93. The first-order valence-electron chi connectivity index (χ1n) is 6.43. The number of nitrogens with one attached hydrogen (secondary N) is 1. The number of benzene rings is 2. The van der Waals surface area contributed by atoms with E-state index in [1.54, 1.807) is 19.2 Å². The van der Waals surface area contributed by atoms with Crippen molar-refractivity contribution in [3.8, 4) is 5.75 Å². The van der Waals surface area contributed by atoms with E-state index >= 15 is 0 Å². The first kappa shape index (κ1) is 15.3. The Hall–Kier alpha value is -2.14. The van der Waals surface area contributed by atoms with Crippen molar-refractivity contribution in [3.05, 3.63) is 54.1 Å². The molecule has 1 atom stereocenters. The van der Waals surface area contributed by atoms with E-state index in [4.69, 9.17) is 4.74 Å². The third-order valence-corrected chi connectivity index (χ3v) is 3.60. The highest BCUT2D eigenvalue weighted by molar-refractivity contribution is 7.85. The maximum atomic E-state index is 12.1. The van der Waals surface area contributed by atoms with Gasteiger partial charge in [-0.3, -0.25) is 9.00 Å². The van der Waals surface area contributed by atoms with Gasteiger partial charge in [0.15, 0.2) is 5.78 Å². The zero-order chi connectivity index (χ0) is 15.2. The monoisotopic (exact) mass is 303 g/mol. The van der Waals surface area contributed by atoms with Crippen molar-refractivity contribution >= 4 is 28.0 Å². The molecular weight excluding hydrogens is 286 g/mol. The Balaban J connectivity index is 2.23. The van der Waals surface area contributed by atoms with Crippen LogP contribution in [0.15, 0.2) is 48.5 Å². The van der Waals surface area contributed by atoms with Crippen LogP contribution in [0.5, 0.6) is 5.75 Å². The predicted octanol–water partition coefficient (Wildman–Crippen LogP) is 3.00. The number of Topliss-reactive ketones (excluding diaryl/α,β-unsaturated/α-hetero) is 1. The van der Waals surface area contributed by atoms with Crippen LogP contribution in [0.25, 0.3) is 0 Å². The van der Waals surface area contributed by atoms with Crippen molar-refractivity contribution in [1.82, 2.24) is 0 Å². The van der Waals surface area contributed by atoms with Gasteiger partial charge in [-0.1, -0.05) is 12.1 Å². The second-order valence-electron chi connectivity index (χ2n) is 4.54. The Labute approximate surface area is 126 Å². The number of ketones is 1. The molecule has 0 aromatic heterocycles. The lowest BCUT2D eigenvalue weighted by molar-refractivity contribution is 0.102. The molecule has 0 saturated heterocycles. The van der Waals surface area contributed by atoms with Crippen molar-refractivity contribution in [1.29, 1.82) is 0 Å². The van der Waals surface area contributed by atoms with Crippen molar-refractivity contribution in [2.45, 2.75) is 0 Å². The fourth-order valence-electron chi connectivity index (χ4n) is 1.93. The number of carbonyl (C=O) groups is 1. The van der Waals surface area contributed by atoms with Crippen LogP contribution in [0.3, 0.4) is 0 Å². The molecule has 2 rings (SSSR count). The molecule has 21 heavy (non-hydrogen) atoms. The summed E-state index contributed by atoms with van der Waals surface area (Å²) in [4.78, 5) is 12.1. The molecule has 0 aliphatic carbocycles. The zero-order valence-corrected chi connectivity index (χ0v) is 12.8. The van der Waals surface area contributed by atoms with Gasteiger partial charge in [-0.2, -0.15) is 0 Å². The van der Waals surface area contributed by atoms with E-state index in [-0.39, 0.29) is 11.5 Å². The number of para-hydroxylation sites is 1. The molecular formula is C16H17NO3S. The lowest BCUT2D eigenvalue weighted by Gasteiger charge is -2.11. The molecule has 0 aliphatic rings. The Morgan fingerprint density at radius 3 is 2.43 bits per heavy atom. The summed E-state index contributed by atoms with van der Waals surface area (Å²) in [7, 11) is 0.463. The highest BCUT2D eigenvalue weighted by Crippen LogP contribution is 2.23. The quantitative estimate of drug-likeness (QED) is 0.834. The van der Waals surface area contributed by atoms with Gasteiger partial charge in [0.05, 0.1) is 12.9 Å². The van der Waals surface area contributed by atoms with Gasteiger partial charge in [0.2, 0.25) is 0 Å². The largest absolute Gasteiger partial charge is 0.497 e. The number of hydrogen-bond acceptors (Lipinski definition) is 4. The number of carbonyl (C=O) groups excluding carboxylic acids is 1. The molecule has 0 bridgehead atoms. The van der Waals surface area contributed by atoms with Gasteiger partial charge in [-0.25, -0.2) is 0 Å². The normalized spacial score (nSPS) is 11.7. The first-order valence-corrected chi connectivity index (χ1v) is 8.16. The van der Waals surface area contributed by atoms with Gasteiger partial charge in [0, 0.05) is 34.0 Å². The number of anilines is 2. The van der Waals surface area contributed by atoms with Crippen LogP contribution in [0.2, 0.25) is 0 Å². The van der Waals surface area contributed by atoms with E-state index in [0.29, 0.717) is 11.3 Å². The smallest absolute Gasteiger partial charge is 0.177 e. The van der Waals surface area contributed by atoms with Gasteiger partial charge in [0.1, 0.15) is 5.75 Å². The summed E-state index contributed by atoms with van der Waals surface area (Å²) in [6, 6.07) is 14.6. The average molecular weight is 303 g/mol. The fourth-order valence-corrected chi connectivity index (χ4v) is 2.45. The lowest BCUT2D eigenvalue weighted by atomic mass is 10.1. The maximum Gasteiger partial charge on any atom is 0.177 e. The van der Waals surface area contributed by atoms with Crippen molar-refractivity contribution in [2.24, 2.45) is 0 Å². The highest BCUT2D eigenvalue weighted by Gasteiger charge is 2.12. The molecule has 0 unspecified atom stereocenters. The van der Waals surface area contributed by atoms with Crippen LogP contribution in [0, 0.1) is 0 Å². The van der Waals surface area contributed by atoms with E-state index in [1.807, 2.05) is 36.4 Å². The molecule has 1 N–H and O–H groups in total. The maximum absolute atomic E-state index is 12.1. The second kappa shape index (κ2) is 7.04. The Bertz CT molecular complexity index is 653. The molecule has 0 radical (unpaired) electrons. The molecule has 110 valence electrons. The number of hydrogen-bond donors (Lipinski definition) is 1. The molecule has 2 aromatic carbocycles. The molecule has 0 heterocycles. The molecule has 0 amide bonds. The summed E-state index contributed by atoms with van der Waals surface area (Å²) in [5.74, 6) is 0.667. The van der Waals surface area contributed by atoms with E-state index < -0.39 is 10.8 Å². The van der Waals surface area contributed by atoms with Gasteiger partial charge in [0.25, 0.3) is 0 Å². The number of ether oxygens (including phenoxy) is 1. The minimum atomic E-state index is -1.15. The van der Waals surface area contributed by atoms with Gasteiger partial charge in [-0.05, 0) is 36.4 Å². The minimum Gasteiger partial charge on any atom is -0.497 e. The van der Waals surface area contributed by atoms with Crippen LogP contribution in [-0.2, 0) is 10.8 Å².